The summed E-state index contributed by atoms with van der Waals surface area (Å²) < 4.78 is 49.6. The van der Waals surface area contributed by atoms with Crippen molar-refractivity contribution in [2.75, 3.05) is 13.2 Å². The number of rotatable bonds is 28. The number of alkyl carbamates (subject to hydrolysis) is 1. The lowest BCUT2D eigenvalue weighted by molar-refractivity contribution is -0.346. The monoisotopic (exact) mass is 1420 g/mol. The molecule has 100 heavy (non-hydrogen) atoms. The van der Waals surface area contributed by atoms with Crippen molar-refractivity contribution in [2.45, 2.75) is 198 Å². The quantitative estimate of drug-likeness (QED) is 0.0163. The van der Waals surface area contributed by atoms with Gasteiger partial charge >= 0.3 is 30.0 Å². The van der Waals surface area contributed by atoms with Gasteiger partial charge in [-0.25, -0.2) is 18.8 Å². The predicted molar refractivity (Wildman–Crippen MR) is 353 cm³/mol. The first-order valence-corrected chi connectivity index (χ1v) is 33.0. The minimum atomic E-state index is -2.54. The summed E-state index contributed by atoms with van der Waals surface area (Å²) in [7, 11) is 0. The maximum atomic E-state index is 15.4. The van der Waals surface area contributed by atoms with Crippen LogP contribution in [-0.4, -0.2) is 171 Å². The number of hydrogen-bond acceptors (Lipinski definition) is 21. The third-order valence-electron chi connectivity index (χ3n) is 18.7. The van der Waals surface area contributed by atoms with Crippen molar-refractivity contribution in [3.63, 3.8) is 0 Å². The van der Waals surface area contributed by atoms with Gasteiger partial charge in [-0.2, -0.15) is 0 Å². The standard InChI is InChI=1S/C70H87ClFN7O21/c1-36-46(34-70(94)59(98-63(91)41-20-14-11-15-21-41)57-68(9,58(87)55(86)53(36)67(70,7)8)47(81)33-48-69(57,35-95-48)99-38(3)80)96-64(92)56(54(40-18-12-10-13-19-40)79-65(93)100-66(4,5)6)97-52(85)30-29-49(82)75-31-17-16-22-44(60(73)88)77-51(84)28-26-45(61(74)89)78-62(90)37(2)76-50(83)27-24-39-23-25-42(72)32-43(39)71/h10-15,18-21,23-25,27,32,37,44-48,54-57,59,81,86,94H,16-17,22,26,28-31,33-35H2,1-9H3,(H2,73,88)(H2,74,89)(H,75,82)(H,76,83)(H,77,84)(H,78,90)(H,79,93)/b27-24+/t37?,44?,45-,46-,47-,48+,54-,55+,56+,57-,59-,68+,69-,70+/m0/s1. The molecule has 4 aliphatic rings. The summed E-state index contributed by atoms with van der Waals surface area (Å²) in [6, 6.07) is 13.5. The maximum absolute atomic E-state index is 15.4. The average molecular weight is 1420 g/mol. The van der Waals surface area contributed by atoms with Crippen LogP contribution in [0.15, 0.2) is 96.1 Å². The number of Topliss-reactive ketones (excluding diaryl/α,β-unsaturated/α-hetero) is 1. The zero-order valence-electron chi connectivity index (χ0n) is 56.9. The highest BCUT2D eigenvalue weighted by Crippen LogP contribution is 2.64. The van der Waals surface area contributed by atoms with Crippen LogP contribution in [0.3, 0.4) is 0 Å². The highest BCUT2D eigenvalue weighted by molar-refractivity contribution is 6.32. The van der Waals surface area contributed by atoms with Gasteiger partial charge in [0, 0.05) is 50.6 Å². The number of fused-ring (bicyclic) bond motifs is 5. The van der Waals surface area contributed by atoms with Gasteiger partial charge in [0.1, 0.15) is 65.6 Å². The maximum Gasteiger partial charge on any atom is 0.408 e. The number of unbranched alkanes of at least 4 members (excludes halogenated alkanes) is 1. The molecule has 12 N–H and O–H groups in total. The van der Waals surface area contributed by atoms with Crippen LogP contribution >= 0.6 is 11.6 Å². The van der Waals surface area contributed by atoms with Crippen LogP contribution in [0.1, 0.15) is 148 Å². The summed E-state index contributed by atoms with van der Waals surface area (Å²) in [5, 5.41) is 51.0. The van der Waals surface area contributed by atoms with E-state index >= 15 is 9.59 Å². The lowest BCUT2D eigenvalue weighted by Gasteiger charge is -2.67. The Labute approximate surface area is 581 Å². The number of benzene rings is 3. The SMILES string of the molecule is CC(=O)O[C@@]12CO[C@@H]1C[C@H](O)[C@@]1(C)C(=O)[C@H](O)C3=C(C)[C@@H](OC(=O)[C@H](OC(=O)CCC(=O)NCCCCC(NC(=O)CC[C@H](NC(=O)C(C)NC(=O)/C=C/c4ccc(F)cc4Cl)C(N)=O)C(N)=O)[C@@H](NC(=O)OC(C)(C)C)c4ccccc4)C[C@@](O)([C@@H](OC(=O)c4ccccc4)[C@H]21)C3(C)C. The van der Waals surface area contributed by atoms with Crippen molar-refractivity contribution in [3.05, 3.63) is 124 Å². The lowest BCUT2D eigenvalue weighted by Crippen LogP contribution is -2.81. The summed E-state index contributed by atoms with van der Waals surface area (Å²) in [5.74, 6) is -12.5. The number of carbonyl (C=O) groups is 12. The van der Waals surface area contributed by atoms with E-state index < -0.39 is 204 Å². The molecular weight excluding hydrogens is 1330 g/mol. The Kier molecular flexibility index (Phi) is 25.4. The molecule has 2 unspecified atom stereocenters. The number of hydrogen-bond donors (Lipinski definition) is 10. The molecule has 0 aromatic heterocycles. The van der Waals surface area contributed by atoms with Crippen LogP contribution in [0.25, 0.3) is 6.08 Å². The number of ether oxygens (including phenoxy) is 6. The largest absolute Gasteiger partial charge is 0.455 e. The Morgan fingerprint density at radius 1 is 0.820 bits per heavy atom. The highest BCUT2D eigenvalue weighted by Gasteiger charge is 2.78. The minimum absolute atomic E-state index is 0.00570. The molecular formula is C70H87ClFN7O21. The van der Waals surface area contributed by atoms with E-state index in [4.69, 9.17) is 51.5 Å². The highest BCUT2D eigenvalue weighted by atomic mass is 35.5. The van der Waals surface area contributed by atoms with Gasteiger partial charge < -0.3 is 81.8 Å². The average Bonchev–Trinajstić information content (AvgIpc) is 0.670. The number of nitrogens with one attached hydrogen (secondary N) is 5. The van der Waals surface area contributed by atoms with Gasteiger partial charge in [0.05, 0.1) is 41.1 Å². The fourth-order valence-corrected chi connectivity index (χ4v) is 13.6. The zero-order chi connectivity index (χ0) is 74.0. The van der Waals surface area contributed by atoms with Crippen LogP contribution in [0.5, 0.6) is 0 Å². The summed E-state index contributed by atoms with van der Waals surface area (Å²) >= 11 is 5.99. The summed E-state index contributed by atoms with van der Waals surface area (Å²) in [6.45, 7) is 12.5. The second-order valence-electron chi connectivity index (χ2n) is 27.1. The van der Waals surface area contributed by atoms with E-state index in [2.05, 4.69) is 26.6 Å². The van der Waals surface area contributed by atoms with Crippen molar-refractivity contribution >= 4 is 88.9 Å². The summed E-state index contributed by atoms with van der Waals surface area (Å²) in [4.78, 5) is 163. The first-order chi connectivity index (χ1) is 46.8. The molecule has 7 amide bonds. The molecule has 1 aliphatic heterocycles. The van der Waals surface area contributed by atoms with Gasteiger partial charge in [-0.05, 0) is 120 Å². The molecule has 2 saturated carbocycles. The van der Waals surface area contributed by atoms with Gasteiger partial charge in [0.25, 0.3) is 0 Å². The second-order valence-corrected chi connectivity index (χ2v) is 27.5. The number of primary amides is 2. The molecule has 3 aromatic rings. The van der Waals surface area contributed by atoms with Gasteiger partial charge in [-0.1, -0.05) is 80.0 Å². The molecule has 1 saturated heterocycles. The second kappa shape index (κ2) is 32.4. The normalized spacial score (nSPS) is 25.1. The van der Waals surface area contributed by atoms with E-state index in [9.17, 15) is 67.7 Å². The smallest absolute Gasteiger partial charge is 0.408 e. The number of carbonyl (C=O) groups excluding carboxylic acids is 12. The Balaban J connectivity index is 1.04. The number of aliphatic hydroxyl groups excluding tert-OH is 2. The molecule has 28 nitrogen and oxygen atoms in total. The van der Waals surface area contributed by atoms with E-state index in [-0.39, 0.29) is 65.9 Å². The number of amides is 7. The molecule has 3 fully saturated rings. The predicted octanol–water partition coefficient (Wildman–Crippen LogP) is 3.61. The Morgan fingerprint density at radius 2 is 1.46 bits per heavy atom. The Bertz CT molecular complexity index is 3680. The van der Waals surface area contributed by atoms with Crippen molar-refractivity contribution < 1.29 is 106 Å². The molecule has 542 valence electrons. The van der Waals surface area contributed by atoms with Gasteiger partial charge in [-0.3, -0.25) is 43.2 Å². The topological polar surface area (TPSA) is 433 Å². The van der Waals surface area contributed by atoms with Crippen molar-refractivity contribution in [1.29, 1.82) is 0 Å². The van der Waals surface area contributed by atoms with E-state index in [1.54, 1.807) is 57.2 Å². The Hall–Kier alpha value is -9.16. The molecule has 3 aromatic carbocycles. The van der Waals surface area contributed by atoms with Crippen LogP contribution < -0.4 is 38.1 Å². The van der Waals surface area contributed by atoms with Crippen LogP contribution in [0.2, 0.25) is 5.02 Å². The molecule has 3 aliphatic carbocycles. The Morgan fingerprint density at radius 3 is 2.06 bits per heavy atom. The molecule has 30 heteroatoms. The first kappa shape index (κ1) is 78.2. The van der Waals surface area contributed by atoms with Crippen molar-refractivity contribution in [2.24, 2.45) is 28.2 Å². The van der Waals surface area contributed by atoms with Gasteiger partial charge in [0.15, 0.2) is 11.4 Å². The van der Waals surface area contributed by atoms with E-state index in [1.807, 2.05) is 0 Å². The number of ketones is 1. The number of halogens is 2. The third-order valence-corrected chi connectivity index (χ3v) is 19.1. The molecule has 7 rings (SSSR count). The lowest BCUT2D eigenvalue weighted by atomic mass is 9.44. The fourth-order valence-electron chi connectivity index (χ4n) is 13.4. The van der Waals surface area contributed by atoms with Crippen LogP contribution in [-0.2, 0) is 76.4 Å². The minimum Gasteiger partial charge on any atom is -0.455 e. The molecule has 2 bridgehead atoms. The van der Waals surface area contributed by atoms with E-state index in [0.717, 1.165) is 25.1 Å². The zero-order valence-corrected chi connectivity index (χ0v) is 57.6. The van der Waals surface area contributed by atoms with E-state index in [0.29, 0.717) is 5.56 Å². The molecule has 0 spiro atoms. The summed E-state index contributed by atoms with van der Waals surface area (Å²) in [5.41, 5.74) is 1.96. The number of esters is 4. The molecule has 0 radical (unpaired) electrons. The van der Waals surface area contributed by atoms with Crippen LogP contribution in [0, 0.1) is 22.6 Å². The van der Waals surface area contributed by atoms with Gasteiger partial charge in [0.2, 0.25) is 41.5 Å². The third kappa shape index (κ3) is 18.1. The van der Waals surface area contributed by atoms with Crippen molar-refractivity contribution in [1.82, 2.24) is 26.6 Å². The fraction of sp³-hybridized carbons (Fsp3) is 0.514. The van der Waals surface area contributed by atoms with E-state index in [1.165, 1.54) is 71.0 Å². The molecule has 14 atom stereocenters. The van der Waals surface area contributed by atoms with Crippen molar-refractivity contribution in [3.8, 4) is 0 Å². The number of nitrogens with two attached hydrogens (primary N) is 2. The summed E-state index contributed by atoms with van der Waals surface area (Å²) in [6.07, 6.45) is -11.9. The van der Waals surface area contributed by atoms with Gasteiger partial charge in [-0.15, -0.1) is 0 Å². The molecule has 1 heterocycles. The van der Waals surface area contributed by atoms with Crippen LogP contribution in [0.4, 0.5) is 9.18 Å². The first-order valence-electron chi connectivity index (χ1n) is 32.6. The number of aliphatic hydroxyl groups is 3.